The van der Waals surface area contributed by atoms with Gasteiger partial charge in [0.25, 0.3) is 0 Å². The SMILES string of the molecule is COc1ccccc1N(C(=O)[C@@H]1CSC(=O)C1)[C@@H](C(=O)NC(C)(C)C)c1cccnc1. The maximum Gasteiger partial charge on any atom is 0.248 e. The maximum atomic E-state index is 13.7. The summed E-state index contributed by atoms with van der Waals surface area (Å²) in [6, 6.07) is 9.59. The molecule has 2 amide bonds. The largest absolute Gasteiger partial charge is 0.495 e. The second kappa shape index (κ2) is 9.51. The Morgan fingerprint density at radius 3 is 2.55 bits per heavy atom. The summed E-state index contributed by atoms with van der Waals surface area (Å²) in [5.41, 5.74) is 0.532. The van der Waals surface area contributed by atoms with E-state index in [1.165, 1.54) is 12.0 Å². The van der Waals surface area contributed by atoms with Crippen LogP contribution < -0.4 is 15.0 Å². The summed E-state index contributed by atoms with van der Waals surface area (Å²) in [6.45, 7) is 5.65. The second-order valence-electron chi connectivity index (χ2n) is 8.39. The van der Waals surface area contributed by atoms with Gasteiger partial charge in [-0.15, -0.1) is 0 Å². The number of methoxy groups -OCH3 is 1. The van der Waals surface area contributed by atoms with Crippen molar-refractivity contribution in [2.75, 3.05) is 17.8 Å². The van der Waals surface area contributed by atoms with E-state index in [1.54, 1.807) is 48.8 Å². The monoisotopic (exact) mass is 441 g/mol. The molecule has 31 heavy (non-hydrogen) atoms. The van der Waals surface area contributed by atoms with Crippen LogP contribution in [0.1, 0.15) is 38.8 Å². The minimum Gasteiger partial charge on any atom is -0.495 e. The van der Waals surface area contributed by atoms with Crippen LogP contribution in [0.2, 0.25) is 0 Å². The first-order valence-corrected chi connectivity index (χ1v) is 11.0. The van der Waals surface area contributed by atoms with Gasteiger partial charge >= 0.3 is 0 Å². The van der Waals surface area contributed by atoms with Crippen LogP contribution in [-0.2, 0) is 14.4 Å². The lowest BCUT2D eigenvalue weighted by Gasteiger charge is -2.35. The summed E-state index contributed by atoms with van der Waals surface area (Å²) in [6.07, 6.45) is 3.34. The highest BCUT2D eigenvalue weighted by Crippen LogP contribution is 2.38. The molecule has 7 nitrogen and oxygen atoms in total. The van der Waals surface area contributed by atoms with Gasteiger partial charge in [-0.25, -0.2) is 0 Å². The summed E-state index contributed by atoms with van der Waals surface area (Å²) < 4.78 is 5.51. The zero-order valence-electron chi connectivity index (χ0n) is 18.1. The molecule has 1 fully saturated rings. The van der Waals surface area contributed by atoms with Crippen molar-refractivity contribution in [3.05, 3.63) is 54.4 Å². The molecule has 0 bridgehead atoms. The third-order valence-electron chi connectivity index (χ3n) is 4.79. The molecule has 1 aliphatic rings. The van der Waals surface area contributed by atoms with Crippen molar-refractivity contribution in [3.8, 4) is 5.75 Å². The first-order valence-electron chi connectivity index (χ1n) is 10.0. The van der Waals surface area contributed by atoms with Crippen molar-refractivity contribution in [2.45, 2.75) is 38.8 Å². The Kier molecular flexibility index (Phi) is 7.00. The van der Waals surface area contributed by atoms with E-state index in [2.05, 4.69) is 10.3 Å². The first-order chi connectivity index (χ1) is 14.7. The fourth-order valence-electron chi connectivity index (χ4n) is 3.48. The van der Waals surface area contributed by atoms with E-state index in [9.17, 15) is 14.4 Å². The van der Waals surface area contributed by atoms with Gasteiger partial charge in [0, 0.05) is 35.7 Å². The number of rotatable bonds is 6. The van der Waals surface area contributed by atoms with Gasteiger partial charge in [0.1, 0.15) is 11.8 Å². The molecule has 0 aliphatic carbocycles. The van der Waals surface area contributed by atoms with E-state index >= 15 is 0 Å². The quantitative estimate of drug-likeness (QED) is 0.740. The summed E-state index contributed by atoms with van der Waals surface area (Å²) in [7, 11) is 1.52. The van der Waals surface area contributed by atoms with Gasteiger partial charge in [-0.1, -0.05) is 30.0 Å². The number of carbonyl (C=O) groups is 3. The molecule has 0 saturated carbocycles. The van der Waals surface area contributed by atoms with E-state index < -0.39 is 17.5 Å². The predicted molar refractivity (Wildman–Crippen MR) is 121 cm³/mol. The van der Waals surface area contributed by atoms with Crippen LogP contribution in [0.25, 0.3) is 0 Å². The van der Waals surface area contributed by atoms with E-state index in [-0.39, 0.29) is 23.4 Å². The maximum absolute atomic E-state index is 13.7. The molecule has 3 rings (SSSR count). The number of nitrogens with one attached hydrogen (secondary N) is 1. The molecular weight excluding hydrogens is 414 g/mol. The molecule has 2 heterocycles. The molecule has 164 valence electrons. The fraction of sp³-hybridized carbons (Fsp3) is 0.391. The number of amides is 2. The molecule has 8 heteroatoms. The number of pyridine rings is 1. The number of hydrogen-bond donors (Lipinski definition) is 1. The van der Waals surface area contributed by atoms with Crippen LogP contribution in [0.15, 0.2) is 48.8 Å². The van der Waals surface area contributed by atoms with Crippen LogP contribution >= 0.6 is 11.8 Å². The third kappa shape index (κ3) is 5.44. The standard InChI is InChI=1S/C23H27N3O4S/c1-23(2,3)25-21(28)20(15-8-7-11-24-13-15)26(17-9-5-6-10-18(17)30-4)22(29)16-12-19(27)31-14-16/h5-11,13,16,20H,12,14H2,1-4H3,(H,25,28)/t16-,20+/m0/s1. The smallest absolute Gasteiger partial charge is 0.248 e. The highest BCUT2D eigenvalue weighted by Gasteiger charge is 2.40. The van der Waals surface area contributed by atoms with Gasteiger partial charge in [-0.2, -0.15) is 0 Å². The molecule has 1 aromatic carbocycles. The lowest BCUT2D eigenvalue weighted by Crippen LogP contribution is -2.50. The van der Waals surface area contributed by atoms with Crippen LogP contribution in [-0.4, -0.2) is 40.3 Å². The number of para-hydroxylation sites is 2. The highest BCUT2D eigenvalue weighted by molar-refractivity contribution is 8.14. The molecule has 0 unspecified atom stereocenters. The van der Waals surface area contributed by atoms with Gasteiger partial charge in [0.2, 0.25) is 11.8 Å². The van der Waals surface area contributed by atoms with Crippen molar-refractivity contribution in [1.29, 1.82) is 0 Å². The van der Waals surface area contributed by atoms with Crippen molar-refractivity contribution < 1.29 is 19.1 Å². The highest BCUT2D eigenvalue weighted by atomic mass is 32.2. The molecule has 1 N–H and O–H groups in total. The Labute approximate surface area is 186 Å². The number of aromatic nitrogens is 1. The molecule has 2 aromatic rings. The van der Waals surface area contributed by atoms with Crippen LogP contribution in [0.5, 0.6) is 5.75 Å². The lowest BCUT2D eigenvalue weighted by atomic mass is 9.99. The minimum atomic E-state index is -0.975. The molecule has 0 radical (unpaired) electrons. The Hall–Kier alpha value is -2.87. The van der Waals surface area contributed by atoms with E-state index in [4.69, 9.17) is 4.74 Å². The average Bonchev–Trinajstić information content (AvgIpc) is 3.17. The summed E-state index contributed by atoms with van der Waals surface area (Å²) in [5, 5.41) is 2.97. The van der Waals surface area contributed by atoms with Crippen molar-refractivity contribution in [3.63, 3.8) is 0 Å². The first kappa shape index (κ1) is 22.8. The van der Waals surface area contributed by atoms with Gasteiger partial charge in [0.15, 0.2) is 5.12 Å². The topological polar surface area (TPSA) is 88.6 Å². The predicted octanol–water partition coefficient (Wildman–Crippen LogP) is 3.36. The third-order valence-corrected chi connectivity index (χ3v) is 5.85. The number of ether oxygens (including phenoxy) is 1. The number of carbonyl (C=O) groups excluding carboxylic acids is 3. The summed E-state index contributed by atoms with van der Waals surface area (Å²) in [4.78, 5) is 44.8. The number of anilines is 1. The Morgan fingerprint density at radius 1 is 1.23 bits per heavy atom. The number of thioether (sulfide) groups is 1. The Balaban J connectivity index is 2.16. The molecule has 1 aromatic heterocycles. The normalized spacial score (nSPS) is 17.2. The molecule has 1 aliphatic heterocycles. The summed E-state index contributed by atoms with van der Waals surface area (Å²) >= 11 is 1.15. The van der Waals surface area contributed by atoms with Gasteiger partial charge in [-0.3, -0.25) is 24.3 Å². The Morgan fingerprint density at radius 2 is 1.97 bits per heavy atom. The average molecular weight is 442 g/mol. The molecule has 1 saturated heterocycles. The molecule has 2 atom stereocenters. The zero-order valence-corrected chi connectivity index (χ0v) is 18.9. The fourth-order valence-corrected chi connectivity index (χ4v) is 4.44. The molecule has 0 spiro atoms. The van der Waals surface area contributed by atoms with Gasteiger partial charge in [0.05, 0.1) is 18.7 Å². The van der Waals surface area contributed by atoms with Crippen molar-refractivity contribution >= 4 is 34.4 Å². The van der Waals surface area contributed by atoms with Crippen molar-refractivity contribution in [2.24, 2.45) is 5.92 Å². The van der Waals surface area contributed by atoms with E-state index in [1.807, 2.05) is 20.8 Å². The van der Waals surface area contributed by atoms with Gasteiger partial charge in [-0.05, 0) is 39.0 Å². The van der Waals surface area contributed by atoms with Crippen LogP contribution in [0.3, 0.4) is 0 Å². The summed E-state index contributed by atoms with van der Waals surface area (Å²) in [5.74, 6) is -0.281. The molecular formula is C23H27N3O4S. The number of nitrogens with zero attached hydrogens (tertiary/aromatic N) is 2. The van der Waals surface area contributed by atoms with Crippen LogP contribution in [0.4, 0.5) is 5.69 Å². The van der Waals surface area contributed by atoms with Crippen molar-refractivity contribution in [1.82, 2.24) is 10.3 Å². The zero-order chi connectivity index (χ0) is 22.6. The Bertz CT molecular complexity index is 959. The number of hydrogen-bond acceptors (Lipinski definition) is 6. The van der Waals surface area contributed by atoms with E-state index in [0.717, 1.165) is 11.8 Å². The van der Waals surface area contributed by atoms with Crippen LogP contribution in [0, 0.1) is 5.92 Å². The lowest BCUT2D eigenvalue weighted by molar-refractivity contribution is -0.129. The van der Waals surface area contributed by atoms with Gasteiger partial charge < -0.3 is 10.1 Å². The second-order valence-corrected chi connectivity index (χ2v) is 9.47. The number of benzene rings is 1. The minimum absolute atomic E-state index is 0.0182. The van der Waals surface area contributed by atoms with E-state index in [0.29, 0.717) is 22.8 Å².